The molecule has 1 amide bonds. The Bertz CT molecular complexity index is 1180. The van der Waals surface area contributed by atoms with Crippen LogP contribution in [0.5, 0.6) is 11.5 Å². The Morgan fingerprint density at radius 1 is 1.00 bits per heavy atom. The van der Waals surface area contributed by atoms with E-state index in [9.17, 15) is 14.7 Å². The Hall–Kier alpha value is -3.52. The molecular formula is C27H29NO6S. The van der Waals surface area contributed by atoms with Gasteiger partial charge in [-0.3, -0.25) is 4.79 Å². The van der Waals surface area contributed by atoms with Gasteiger partial charge in [-0.05, 0) is 50.1 Å². The largest absolute Gasteiger partial charge is 0.506 e. The van der Waals surface area contributed by atoms with Crippen LogP contribution in [0.15, 0.2) is 63.7 Å². The summed E-state index contributed by atoms with van der Waals surface area (Å²) in [4.78, 5) is 28.7. The third-order valence-electron chi connectivity index (χ3n) is 4.98. The quantitative estimate of drug-likeness (QED) is 0.441. The SMILES string of the molecule is CCOC(=O)C1=C(O)/C(=C/c2ccc(OCc3ccc(C)cc3)c(OCC)c2)SC1=NC(=O)CC. The van der Waals surface area contributed by atoms with Crippen molar-refractivity contribution in [1.82, 2.24) is 0 Å². The van der Waals surface area contributed by atoms with E-state index in [1.54, 1.807) is 32.1 Å². The second kappa shape index (κ2) is 12.3. The van der Waals surface area contributed by atoms with E-state index < -0.39 is 11.9 Å². The number of carbonyl (C=O) groups is 2. The van der Waals surface area contributed by atoms with Crippen molar-refractivity contribution >= 4 is 34.8 Å². The topological polar surface area (TPSA) is 94.4 Å². The molecule has 1 heterocycles. The third kappa shape index (κ3) is 6.76. The zero-order chi connectivity index (χ0) is 25.4. The van der Waals surface area contributed by atoms with E-state index in [-0.39, 0.29) is 29.4 Å². The first-order valence-electron chi connectivity index (χ1n) is 11.4. The van der Waals surface area contributed by atoms with Gasteiger partial charge >= 0.3 is 5.97 Å². The van der Waals surface area contributed by atoms with Gasteiger partial charge in [0.1, 0.15) is 23.0 Å². The number of aliphatic hydroxyl groups excluding tert-OH is 1. The van der Waals surface area contributed by atoms with Crippen LogP contribution in [0.25, 0.3) is 6.08 Å². The lowest BCUT2D eigenvalue weighted by Gasteiger charge is -2.13. The lowest BCUT2D eigenvalue weighted by molar-refractivity contribution is -0.138. The van der Waals surface area contributed by atoms with Gasteiger partial charge in [0.15, 0.2) is 11.5 Å². The molecule has 0 aliphatic carbocycles. The van der Waals surface area contributed by atoms with Crippen molar-refractivity contribution in [1.29, 1.82) is 0 Å². The molecule has 0 saturated heterocycles. The summed E-state index contributed by atoms with van der Waals surface area (Å²) in [5, 5.41) is 10.9. The minimum Gasteiger partial charge on any atom is -0.506 e. The molecule has 1 N–H and O–H groups in total. The number of amides is 1. The van der Waals surface area contributed by atoms with Gasteiger partial charge in [0.25, 0.3) is 0 Å². The second-order valence-electron chi connectivity index (χ2n) is 7.63. The van der Waals surface area contributed by atoms with E-state index in [1.807, 2.05) is 44.2 Å². The van der Waals surface area contributed by atoms with Gasteiger partial charge in [-0.1, -0.05) is 54.6 Å². The highest BCUT2D eigenvalue weighted by Crippen LogP contribution is 2.40. The number of ether oxygens (including phenoxy) is 3. The summed E-state index contributed by atoms with van der Waals surface area (Å²) < 4.78 is 16.8. The number of aliphatic imine (C=N–C) groups is 1. The maximum atomic E-state index is 12.4. The van der Waals surface area contributed by atoms with Crippen LogP contribution in [-0.4, -0.2) is 35.2 Å². The smallest absolute Gasteiger partial charge is 0.344 e. The van der Waals surface area contributed by atoms with Crippen LogP contribution in [0, 0.1) is 6.92 Å². The molecule has 0 unspecified atom stereocenters. The summed E-state index contributed by atoms with van der Waals surface area (Å²) in [6.07, 6.45) is 1.88. The Morgan fingerprint density at radius 2 is 1.74 bits per heavy atom. The van der Waals surface area contributed by atoms with Crippen molar-refractivity contribution in [2.24, 2.45) is 4.99 Å². The molecule has 0 saturated carbocycles. The van der Waals surface area contributed by atoms with E-state index in [0.717, 1.165) is 22.9 Å². The Morgan fingerprint density at radius 3 is 2.40 bits per heavy atom. The molecule has 184 valence electrons. The van der Waals surface area contributed by atoms with E-state index in [1.165, 1.54) is 5.56 Å². The van der Waals surface area contributed by atoms with Crippen molar-refractivity contribution in [3.63, 3.8) is 0 Å². The number of carbonyl (C=O) groups excluding carboxylic acids is 2. The summed E-state index contributed by atoms with van der Waals surface area (Å²) in [6, 6.07) is 13.5. The maximum Gasteiger partial charge on any atom is 0.344 e. The van der Waals surface area contributed by atoms with E-state index in [0.29, 0.717) is 29.6 Å². The average Bonchev–Trinajstić information content (AvgIpc) is 3.14. The van der Waals surface area contributed by atoms with Crippen LogP contribution >= 0.6 is 11.8 Å². The number of rotatable bonds is 9. The molecule has 2 aromatic rings. The van der Waals surface area contributed by atoms with Crippen LogP contribution in [0.4, 0.5) is 0 Å². The number of hydrogen-bond acceptors (Lipinski definition) is 7. The third-order valence-corrected chi connectivity index (χ3v) is 6.00. The van der Waals surface area contributed by atoms with Crippen LogP contribution in [-0.2, 0) is 20.9 Å². The van der Waals surface area contributed by atoms with Crippen LogP contribution in [0.1, 0.15) is 43.9 Å². The summed E-state index contributed by atoms with van der Waals surface area (Å²) in [7, 11) is 0. The van der Waals surface area contributed by atoms with Crippen molar-refractivity contribution in [2.45, 2.75) is 40.7 Å². The number of esters is 1. The van der Waals surface area contributed by atoms with Gasteiger partial charge in [0.05, 0.1) is 18.1 Å². The van der Waals surface area contributed by atoms with E-state index >= 15 is 0 Å². The number of thioether (sulfide) groups is 1. The molecule has 0 radical (unpaired) electrons. The number of aliphatic hydroxyl groups is 1. The molecule has 0 fully saturated rings. The predicted molar refractivity (Wildman–Crippen MR) is 138 cm³/mol. The minimum atomic E-state index is -0.724. The Labute approximate surface area is 209 Å². The second-order valence-corrected chi connectivity index (χ2v) is 8.66. The van der Waals surface area contributed by atoms with Gasteiger partial charge in [0, 0.05) is 6.42 Å². The van der Waals surface area contributed by atoms with Crippen molar-refractivity contribution in [2.75, 3.05) is 13.2 Å². The van der Waals surface area contributed by atoms with Gasteiger partial charge in [-0.15, -0.1) is 0 Å². The monoisotopic (exact) mass is 495 g/mol. The van der Waals surface area contributed by atoms with Crippen molar-refractivity contribution in [3.8, 4) is 11.5 Å². The normalized spacial score (nSPS) is 15.5. The van der Waals surface area contributed by atoms with E-state index in [2.05, 4.69) is 4.99 Å². The Balaban J connectivity index is 1.89. The highest BCUT2D eigenvalue weighted by atomic mass is 32.2. The summed E-state index contributed by atoms with van der Waals surface area (Å²) in [5.74, 6) is -0.234. The molecule has 0 spiro atoms. The number of hydrogen-bond donors (Lipinski definition) is 1. The standard InChI is InChI=1S/C27H29NO6S/c1-5-23(29)28-26-24(27(31)33-7-3)25(30)22(35-26)15-19-12-13-20(21(14-19)32-6-2)34-16-18-10-8-17(4)9-11-18/h8-15,30H,5-7,16H2,1-4H3/b22-15-,28-26?. The number of nitrogens with zero attached hydrogens (tertiary/aromatic N) is 1. The first-order valence-corrected chi connectivity index (χ1v) is 12.2. The van der Waals surface area contributed by atoms with Crippen LogP contribution < -0.4 is 9.47 Å². The zero-order valence-electron chi connectivity index (χ0n) is 20.3. The average molecular weight is 496 g/mol. The van der Waals surface area contributed by atoms with Crippen molar-refractivity contribution < 1.29 is 28.9 Å². The minimum absolute atomic E-state index is 0.104. The molecular weight excluding hydrogens is 466 g/mol. The molecule has 8 heteroatoms. The number of benzene rings is 2. The molecule has 0 aromatic heterocycles. The lowest BCUT2D eigenvalue weighted by Crippen LogP contribution is -2.14. The number of aryl methyl sites for hydroxylation is 1. The van der Waals surface area contributed by atoms with Crippen molar-refractivity contribution in [3.05, 3.63) is 75.4 Å². The molecule has 35 heavy (non-hydrogen) atoms. The highest BCUT2D eigenvalue weighted by Gasteiger charge is 2.33. The predicted octanol–water partition coefficient (Wildman–Crippen LogP) is 5.77. The highest BCUT2D eigenvalue weighted by molar-refractivity contribution is 8.18. The Kier molecular flexibility index (Phi) is 9.14. The van der Waals surface area contributed by atoms with Gasteiger partial charge in [-0.2, -0.15) is 0 Å². The fourth-order valence-corrected chi connectivity index (χ4v) is 4.21. The van der Waals surface area contributed by atoms with Gasteiger partial charge in [0.2, 0.25) is 5.91 Å². The summed E-state index contributed by atoms with van der Waals surface area (Å²) in [5.41, 5.74) is 2.84. The molecule has 0 bridgehead atoms. The van der Waals surface area contributed by atoms with E-state index in [4.69, 9.17) is 14.2 Å². The van der Waals surface area contributed by atoms with Crippen LogP contribution in [0.2, 0.25) is 0 Å². The maximum absolute atomic E-state index is 12.4. The molecule has 1 aliphatic heterocycles. The lowest BCUT2D eigenvalue weighted by atomic mass is 10.1. The summed E-state index contributed by atoms with van der Waals surface area (Å²) >= 11 is 1.04. The molecule has 0 atom stereocenters. The molecule has 7 nitrogen and oxygen atoms in total. The fourth-order valence-electron chi connectivity index (χ4n) is 3.18. The fraction of sp³-hybridized carbons (Fsp3) is 0.296. The molecule has 2 aromatic carbocycles. The van der Waals surface area contributed by atoms with Gasteiger partial charge < -0.3 is 19.3 Å². The summed E-state index contributed by atoms with van der Waals surface area (Å²) in [6.45, 7) is 8.24. The zero-order valence-corrected chi connectivity index (χ0v) is 21.1. The first kappa shape index (κ1) is 26.1. The van der Waals surface area contributed by atoms with Crippen LogP contribution in [0.3, 0.4) is 0 Å². The molecule has 1 aliphatic rings. The first-order chi connectivity index (χ1) is 16.9. The molecule has 3 rings (SSSR count). The van der Waals surface area contributed by atoms with Gasteiger partial charge in [-0.25, -0.2) is 9.79 Å².